The van der Waals surface area contributed by atoms with E-state index in [1.807, 2.05) is 6.07 Å². The molecule has 0 bridgehead atoms. The fraction of sp³-hybridized carbons (Fsp3) is 0.0400. The van der Waals surface area contributed by atoms with Crippen LogP contribution >= 0.6 is 0 Å². The molecule has 5 aromatic rings. The Balaban J connectivity index is 1.63. The van der Waals surface area contributed by atoms with E-state index in [1.54, 1.807) is 54.6 Å². The average molecular weight is 501 g/mol. The van der Waals surface area contributed by atoms with Crippen molar-refractivity contribution in [1.29, 1.82) is 0 Å². The molecule has 0 unspecified atom stereocenters. The van der Waals surface area contributed by atoms with Gasteiger partial charge in [-0.2, -0.15) is 0 Å². The summed E-state index contributed by atoms with van der Waals surface area (Å²) in [6, 6.07) is 18.6. The Labute approximate surface area is 206 Å². The second-order valence-electron chi connectivity index (χ2n) is 7.76. The molecule has 3 heterocycles. The van der Waals surface area contributed by atoms with E-state index in [0.29, 0.717) is 33.4 Å². The number of pyridine rings is 2. The third kappa shape index (κ3) is 4.23. The minimum Gasteiger partial charge on any atom is -0.480 e. The van der Waals surface area contributed by atoms with Crippen LogP contribution < -0.4 is 20.8 Å². The number of hydrogen-bond acceptors (Lipinski definition) is 8. The predicted octanol–water partition coefficient (Wildman–Crippen LogP) is 3.23. The van der Waals surface area contributed by atoms with Crippen LogP contribution in [0, 0.1) is 0 Å². The number of hydrogen-bond donors (Lipinski definition) is 2. The quantitative estimate of drug-likeness (QED) is 0.362. The number of methoxy groups -OCH3 is 1. The van der Waals surface area contributed by atoms with Crippen molar-refractivity contribution in [1.82, 2.24) is 19.5 Å². The Bertz CT molecular complexity index is 1740. The van der Waals surface area contributed by atoms with Gasteiger partial charge in [0, 0.05) is 18.0 Å². The molecule has 0 spiro atoms. The maximum atomic E-state index is 13.4. The van der Waals surface area contributed by atoms with Crippen molar-refractivity contribution in [2.45, 2.75) is 4.90 Å². The minimum absolute atomic E-state index is 0.0624. The largest absolute Gasteiger partial charge is 0.480 e. The van der Waals surface area contributed by atoms with Gasteiger partial charge in [0.15, 0.2) is 0 Å². The monoisotopic (exact) mass is 500 g/mol. The Morgan fingerprint density at radius 1 is 0.972 bits per heavy atom. The molecular weight excluding hydrogens is 480 g/mol. The molecule has 0 radical (unpaired) electrons. The van der Waals surface area contributed by atoms with Gasteiger partial charge in [0.25, 0.3) is 15.6 Å². The molecule has 180 valence electrons. The van der Waals surface area contributed by atoms with Crippen LogP contribution in [0.3, 0.4) is 0 Å². The van der Waals surface area contributed by atoms with Crippen LogP contribution in [0.25, 0.3) is 27.7 Å². The van der Waals surface area contributed by atoms with Crippen molar-refractivity contribution in [3.63, 3.8) is 0 Å². The summed E-state index contributed by atoms with van der Waals surface area (Å²) in [6.07, 6.45) is 4.40. The van der Waals surface area contributed by atoms with Gasteiger partial charge >= 0.3 is 0 Å². The Morgan fingerprint density at radius 2 is 1.78 bits per heavy atom. The standard InChI is InChI=1S/C25H20N6O4S/c1-35-23-22(36(33,34)30-18-6-5-11-27-15-18)13-17(14-28-23)16-9-10-21-20(12-16)24(32)31(25(26)29-21)19-7-3-2-4-8-19/h2-15,30H,1H3,(H2,26,29). The maximum absolute atomic E-state index is 13.4. The van der Waals surface area contributed by atoms with E-state index in [2.05, 4.69) is 19.7 Å². The number of aromatic nitrogens is 4. The van der Waals surface area contributed by atoms with E-state index in [0.717, 1.165) is 0 Å². The minimum atomic E-state index is -4.06. The molecule has 0 atom stereocenters. The molecule has 0 aliphatic carbocycles. The first kappa shape index (κ1) is 23.0. The number of nitrogens with zero attached hydrogens (tertiary/aromatic N) is 4. The Kier molecular flexibility index (Phi) is 5.82. The second kappa shape index (κ2) is 9.12. The number of benzene rings is 2. The number of fused-ring (bicyclic) bond motifs is 1. The van der Waals surface area contributed by atoms with Crippen molar-refractivity contribution in [3.8, 4) is 22.7 Å². The zero-order chi connectivity index (χ0) is 25.3. The number of para-hydroxylation sites is 1. The SMILES string of the molecule is COc1ncc(-c2ccc3nc(N)n(-c4ccccc4)c(=O)c3c2)cc1S(=O)(=O)Nc1cccnc1. The predicted molar refractivity (Wildman–Crippen MR) is 137 cm³/mol. The highest BCUT2D eigenvalue weighted by Gasteiger charge is 2.22. The number of sulfonamides is 1. The first-order valence-electron chi connectivity index (χ1n) is 10.7. The van der Waals surface area contributed by atoms with Crippen LogP contribution in [0.1, 0.15) is 0 Å². The Hall–Kier alpha value is -4.77. The van der Waals surface area contributed by atoms with Gasteiger partial charge in [-0.25, -0.2) is 23.0 Å². The van der Waals surface area contributed by atoms with E-state index in [1.165, 1.54) is 36.3 Å². The number of ether oxygens (including phenoxy) is 1. The van der Waals surface area contributed by atoms with Crippen molar-refractivity contribution >= 4 is 32.6 Å². The summed E-state index contributed by atoms with van der Waals surface area (Å²) < 4.78 is 35.3. The summed E-state index contributed by atoms with van der Waals surface area (Å²) in [5.74, 6) is -0.00998. The molecule has 5 rings (SSSR count). The third-order valence-corrected chi connectivity index (χ3v) is 6.83. The summed E-state index contributed by atoms with van der Waals surface area (Å²) in [7, 11) is -2.72. The number of rotatable bonds is 6. The lowest BCUT2D eigenvalue weighted by molar-refractivity contribution is 0.385. The molecule has 11 heteroatoms. The highest BCUT2D eigenvalue weighted by Crippen LogP contribution is 2.30. The van der Waals surface area contributed by atoms with E-state index in [4.69, 9.17) is 10.5 Å². The van der Waals surface area contributed by atoms with Gasteiger partial charge in [-0.05, 0) is 48.0 Å². The number of anilines is 2. The summed E-state index contributed by atoms with van der Waals surface area (Å²) in [5, 5.41) is 0.319. The molecule has 36 heavy (non-hydrogen) atoms. The van der Waals surface area contributed by atoms with E-state index >= 15 is 0 Å². The molecule has 3 N–H and O–H groups in total. The summed E-state index contributed by atoms with van der Waals surface area (Å²) >= 11 is 0. The molecule has 3 aromatic heterocycles. The lowest BCUT2D eigenvalue weighted by Gasteiger charge is -2.13. The van der Waals surface area contributed by atoms with Crippen LogP contribution in [0.5, 0.6) is 5.88 Å². The summed E-state index contributed by atoms with van der Waals surface area (Å²) in [6.45, 7) is 0. The van der Waals surface area contributed by atoms with Crippen LogP contribution in [0.2, 0.25) is 0 Å². The molecule has 0 aliphatic rings. The zero-order valence-corrected chi connectivity index (χ0v) is 19.8. The number of nitrogen functional groups attached to an aromatic ring is 1. The maximum Gasteiger partial charge on any atom is 0.267 e. The highest BCUT2D eigenvalue weighted by molar-refractivity contribution is 7.92. The average Bonchev–Trinajstić information content (AvgIpc) is 2.89. The first-order valence-corrected chi connectivity index (χ1v) is 12.2. The van der Waals surface area contributed by atoms with Gasteiger partial charge in [0.1, 0.15) is 4.90 Å². The lowest BCUT2D eigenvalue weighted by Crippen LogP contribution is -2.23. The highest BCUT2D eigenvalue weighted by atomic mass is 32.2. The molecule has 0 amide bonds. The molecule has 0 fully saturated rings. The van der Waals surface area contributed by atoms with E-state index in [9.17, 15) is 13.2 Å². The van der Waals surface area contributed by atoms with Crippen LogP contribution in [0.4, 0.5) is 11.6 Å². The van der Waals surface area contributed by atoms with E-state index in [-0.39, 0.29) is 22.3 Å². The smallest absolute Gasteiger partial charge is 0.267 e. The summed E-state index contributed by atoms with van der Waals surface area (Å²) in [4.78, 5) is 25.7. The van der Waals surface area contributed by atoms with Crippen molar-refractivity contribution in [2.24, 2.45) is 0 Å². The molecule has 10 nitrogen and oxygen atoms in total. The molecular formula is C25H20N6O4S. The second-order valence-corrected chi connectivity index (χ2v) is 9.41. The van der Waals surface area contributed by atoms with Crippen LogP contribution in [-0.4, -0.2) is 35.0 Å². The van der Waals surface area contributed by atoms with Gasteiger partial charge in [-0.1, -0.05) is 24.3 Å². The summed E-state index contributed by atoms with van der Waals surface area (Å²) in [5.41, 5.74) is 8.06. The van der Waals surface area contributed by atoms with Gasteiger partial charge < -0.3 is 10.5 Å². The zero-order valence-electron chi connectivity index (χ0n) is 19.0. The Morgan fingerprint density at radius 3 is 2.50 bits per heavy atom. The number of nitrogens with one attached hydrogen (secondary N) is 1. The van der Waals surface area contributed by atoms with Crippen LogP contribution in [0.15, 0.2) is 95.0 Å². The van der Waals surface area contributed by atoms with Gasteiger partial charge in [0.2, 0.25) is 11.8 Å². The van der Waals surface area contributed by atoms with E-state index < -0.39 is 10.0 Å². The fourth-order valence-corrected chi connectivity index (χ4v) is 4.97. The van der Waals surface area contributed by atoms with Gasteiger partial charge in [-0.3, -0.25) is 14.5 Å². The van der Waals surface area contributed by atoms with Crippen molar-refractivity contribution in [3.05, 3.63) is 95.7 Å². The number of nitrogens with two attached hydrogens (primary N) is 1. The lowest BCUT2D eigenvalue weighted by atomic mass is 10.1. The third-order valence-electron chi connectivity index (χ3n) is 5.46. The normalized spacial score (nSPS) is 11.4. The van der Waals surface area contributed by atoms with Gasteiger partial charge in [0.05, 0.1) is 35.6 Å². The van der Waals surface area contributed by atoms with Crippen molar-refractivity contribution < 1.29 is 13.2 Å². The fourth-order valence-electron chi connectivity index (χ4n) is 3.78. The molecule has 0 saturated carbocycles. The van der Waals surface area contributed by atoms with Crippen LogP contribution in [-0.2, 0) is 10.0 Å². The molecule has 0 aliphatic heterocycles. The van der Waals surface area contributed by atoms with Crippen molar-refractivity contribution in [2.75, 3.05) is 17.6 Å². The first-order chi connectivity index (χ1) is 17.4. The molecule has 2 aromatic carbocycles. The topological polar surface area (TPSA) is 142 Å². The molecule has 0 saturated heterocycles. The van der Waals surface area contributed by atoms with Gasteiger partial charge in [-0.15, -0.1) is 0 Å².